The number of ketones is 2. The van der Waals surface area contributed by atoms with Crippen LogP contribution in [0.4, 0.5) is 0 Å². The third kappa shape index (κ3) is 4.97. The summed E-state index contributed by atoms with van der Waals surface area (Å²) in [5.74, 6) is 0.208. The van der Waals surface area contributed by atoms with Gasteiger partial charge in [0, 0.05) is 24.8 Å². The van der Waals surface area contributed by atoms with Gasteiger partial charge >= 0.3 is 0 Å². The monoisotopic (exact) mass is 474 g/mol. The van der Waals surface area contributed by atoms with Crippen LogP contribution >= 0.6 is 22.7 Å². The number of aromatic amines is 1. The summed E-state index contributed by atoms with van der Waals surface area (Å²) in [6, 6.07) is 9.54. The maximum Gasteiger partial charge on any atom is 0.192 e. The van der Waals surface area contributed by atoms with Gasteiger partial charge in [-0.25, -0.2) is 0 Å². The first-order valence-corrected chi connectivity index (χ1v) is 12.4. The number of Topliss-reactive ketones (excluding diaryl/α,β-unsaturated/α-hetero) is 2. The number of allylic oxidation sites excluding steroid dienone is 4. The molecule has 0 atom stereocenters. The van der Waals surface area contributed by atoms with E-state index < -0.39 is 0 Å². The highest BCUT2D eigenvalue weighted by molar-refractivity contribution is 7.12. The zero-order chi connectivity index (χ0) is 22.6. The second-order valence-electron chi connectivity index (χ2n) is 7.80. The molecule has 2 aliphatic heterocycles. The molecule has 8 heteroatoms. The van der Waals surface area contributed by atoms with E-state index in [1.165, 1.54) is 22.7 Å². The van der Waals surface area contributed by atoms with Crippen LogP contribution in [0.25, 0.3) is 11.1 Å². The second-order valence-corrected chi connectivity index (χ2v) is 9.69. The van der Waals surface area contributed by atoms with E-state index in [1.807, 2.05) is 81.8 Å². The average Bonchev–Trinajstić information content (AvgIpc) is 3.62. The standard InChI is InChI=1S/C25H22N4O2S2/c30-22(24-7-3-11-32-24)16-28-9-1-5-18(14-28)20-13-21(27-26-20)19-6-2-10-29(15-19)17-23(31)25-8-4-12-33-25/h1-4,7-15H,5-6,16-17H2,(H,26,27). The topological polar surface area (TPSA) is 69.3 Å². The predicted molar refractivity (Wildman–Crippen MR) is 133 cm³/mol. The number of nitrogens with one attached hydrogen (secondary N) is 1. The Morgan fingerprint density at radius 1 is 0.879 bits per heavy atom. The van der Waals surface area contributed by atoms with Gasteiger partial charge in [0.2, 0.25) is 0 Å². The summed E-state index contributed by atoms with van der Waals surface area (Å²) >= 11 is 2.93. The van der Waals surface area contributed by atoms with Crippen LogP contribution in [0.1, 0.15) is 43.6 Å². The van der Waals surface area contributed by atoms with Crippen molar-refractivity contribution in [2.75, 3.05) is 13.1 Å². The van der Waals surface area contributed by atoms with Crippen molar-refractivity contribution in [3.63, 3.8) is 0 Å². The fourth-order valence-corrected chi connectivity index (χ4v) is 5.10. The van der Waals surface area contributed by atoms with Gasteiger partial charge in [-0.3, -0.25) is 14.7 Å². The molecule has 33 heavy (non-hydrogen) atoms. The Balaban J connectivity index is 1.27. The van der Waals surface area contributed by atoms with Crippen LogP contribution in [-0.4, -0.2) is 44.7 Å². The maximum atomic E-state index is 12.5. The SMILES string of the molecule is O=C(CN1C=CCC(c2cc(C3=CN(CC(=O)c4cccs4)C=CC3)[nH]n2)=C1)c1cccs1. The molecule has 166 valence electrons. The van der Waals surface area contributed by atoms with E-state index in [9.17, 15) is 9.59 Å². The summed E-state index contributed by atoms with van der Waals surface area (Å²) in [5, 5.41) is 11.5. The van der Waals surface area contributed by atoms with Gasteiger partial charge in [-0.15, -0.1) is 22.7 Å². The number of carbonyl (C=O) groups is 2. The first-order chi connectivity index (χ1) is 16.2. The van der Waals surface area contributed by atoms with Crippen LogP contribution in [0.5, 0.6) is 0 Å². The fourth-order valence-electron chi connectivity index (χ4n) is 3.78. The normalized spacial score (nSPS) is 15.5. The van der Waals surface area contributed by atoms with Gasteiger partial charge in [0.05, 0.1) is 34.2 Å². The van der Waals surface area contributed by atoms with E-state index in [-0.39, 0.29) is 11.6 Å². The first-order valence-electron chi connectivity index (χ1n) is 10.6. The Labute approximate surface area is 199 Å². The number of aromatic nitrogens is 2. The Bertz CT molecular complexity index is 1170. The number of carbonyl (C=O) groups excluding carboxylic acids is 2. The van der Waals surface area contributed by atoms with Gasteiger partial charge in [0.15, 0.2) is 11.6 Å². The molecule has 3 aromatic heterocycles. The number of hydrogen-bond acceptors (Lipinski definition) is 7. The third-order valence-corrected chi connectivity index (χ3v) is 7.23. The molecular weight excluding hydrogens is 452 g/mol. The molecule has 0 amide bonds. The van der Waals surface area contributed by atoms with Gasteiger partial charge in [0.1, 0.15) is 0 Å². The van der Waals surface area contributed by atoms with Crippen molar-refractivity contribution in [2.45, 2.75) is 12.8 Å². The number of thiophene rings is 2. The maximum absolute atomic E-state index is 12.5. The molecule has 0 unspecified atom stereocenters. The van der Waals surface area contributed by atoms with Crippen LogP contribution in [0, 0.1) is 0 Å². The Hall–Kier alpha value is -3.49. The molecule has 0 spiro atoms. The smallest absolute Gasteiger partial charge is 0.192 e. The lowest BCUT2D eigenvalue weighted by Crippen LogP contribution is -2.21. The van der Waals surface area contributed by atoms with Crippen LogP contribution < -0.4 is 0 Å². The van der Waals surface area contributed by atoms with E-state index in [0.717, 1.165) is 45.1 Å². The predicted octanol–water partition coefficient (Wildman–Crippen LogP) is 5.42. The third-order valence-electron chi connectivity index (χ3n) is 5.41. The van der Waals surface area contributed by atoms with Gasteiger partial charge in [-0.05, 0) is 52.9 Å². The van der Waals surface area contributed by atoms with E-state index in [4.69, 9.17) is 0 Å². The zero-order valence-electron chi connectivity index (χ0n) is 17.8. The largest absolute Gasteiger partial charge is 0.346 e. The molecule has 0 aromatic carbocycles. The molecule has 0 radical (unpaired) electrons. The molecule has 0 saturated heterocycles. The highest BCUT2D eigenvalue weighted by Gasteiger charge is 2.17. The summed E-state index contributed by atoms with van der Waals surface area (Å²) in [4.78, 5) is 30.3. The Morgan fingerprint density at radius 3 is 2.03 bits per heavy atom. The van der Waals surface area contributed by atoms with Crippen molar-refractivity contribution in [3.8, 4) is 0 Å². The lowest BCUT2D eigenvalue weighted by atomic mass is 10.0. The minimum atomic E-state index is 0.103. The first kappa shape index (κ1) is 21.4. The molecule has 0 aliphatic carbocycles. The van der Waals surface area contributed by atoms with E-state index in [1.54, 1.807) is 0 Å². The van der Waals surface area contributed by atoms with Crippen molar-refractivity contribution in [2.24, 2.45) is 0 Å². The number of H-pyrrole nitrogens is 1. The summed E-state index contributed by atoms with van der Waals surface area (Å²) in [6.45, 7) is 0.617. The van der Waals surface area contributed by atoms with Gasteiger partial charge < -0.3 is 9.80 Å². The van der Waals surface area contributed by atoms with Gasteiger partial charge in [0.25, 0.3) is 0 Å². The van der Waals surface area contributed by atoms with Gasteiger partial charge in [-0.2, -0.15) is 5.10 Å². The van der Waals surface area contributed by atoms with Crippen LogP contribution in [-0.2, 0) is 0 Å². The molecular formula is C25H22N4O2S2. The Morgan fingerprint density at radius 2 is 1.45 bits per heavy atom. The van der Waals surface area contributed by atoms with Crippen LogP contribution in [0.3, 0.4) is 0 Å². The number of rotatable bonds is 8. The number of hydrogen-bond donors (Lipinski definition) is 1. The summed E-state index contributed by atoms with van der Waals surface area (Å²) < 4.78 is 0. The lowest BCUT2D eigenvalue weighted by Gasteiger charge is -2.20. The quantitative estimate of drug-likeness (QED) is 0.442. The second kappa shape index (κ2) is 9.56. The molecule has 1 N–H and O–H groups in total. The summed E-state index contributed by atoms with van der Waals surface area (Å²) in [6.07, 6.45) is 13.5. The van der Waals surface area contributed by atoms with Crippen molar-refractivity contribution < 1.29 is 9.59 Å². The van der Waals surface area contributed by atoms with E-state index >= 15 is 0 Å². The molecule has 5 heterocycles. The number of nitrogens with zero attached hydrogens (tertiary/aromatic N) is 3. The molecule has 6 nitrogen and oxygen atoms in total. The van der Waals surface area contributed by atoms with E-state index in [0.29, 0.717) is 13.1 Å². The minimum Gasteiger partial charge on any atom is -0.346 e. The van der Waals surface area contributed by atoms with Crippen molar-refractivity contribution in [1.29, 1.82) is 0 Å². The van der Waals surface area contributed by atoms with Crippen LogP contribution in [0.2, 0.25) is 0 Å². The Kier molecular flexibility index (Phi) is 6.19. The van der Waals surface area contributed by atoms with Crippen molar-refractivity contribution >= 4 is 45.4 Å². The minimum absolute atomic E-state index is 0.103. The molecule has 0 bridgehead atoms. The highest BCUT2D eigenvalue weighted by Crippen LogP contribution is 2.27. The molecule has 0 saturated carbocycles. The molecule has 0 fully saturated rings. The zero-order valence-corrected chi connectivity index (χ0v) is 19.4. The molecule has 5 rings (SSSR count). The molecule has 2 aliphatic rings. The average molecular weight is 475 g/mol. The van der Waals surface area contributed by atoms with E-state index in [2.05, 4.69) is 16.3 Å². The summed E-state index contributed by atoms with van der Waals surface area (Å²) in [5.41, 5.74) is 3.92. The lowest BCUT2D eigenvalue weighted by molar-refractivity contribution is 0.0965. The van der Waals surface area contributed by atoms with Crippen molar-refractivity contribution in [3.05, 3.63) is 99.2 Å². The van der Waals surface area contributed by atoms with Gasteiger partial charge in [-0.1, -0.05) is 24.3 Å². The molecule has 3 aromatic rings. The van der Waals surface area contributed by atoms with Crippen molar-refractivity contribution in [1.82, 2.24) is 20.0 Å². The highest BCUT2D eigenvalue weighted by atomic mass is 32.1. The van der Waals surface area contributed by atoms with Crippen LogP contribution in [0.15, 0.2) is 78.0 Å². The fraction of sp³-hybridized carbons (Fsp3) is 0.160. The summed E-state index contributed by atoms with van der Waals surface area (Å²) in [7, 11) is 0.